The monoisotopic (exact) mass is 421 g/mol. The number of hydrogen-bond acceptors (Lipinski definition) is 5. The summed E-state index contributed by atoms with van der Waals surface area (Å²) in [4.78, 5) is 9.66. The second-order valence-corrected chi connectivity index (χ2v) is 9.06. The van der Waals surface area contributed by atoms with Crippen molar-refractivity contribution in [2.24, 2.45) is 0 Å². The molecule has 29 heavy (non-hydrogen) atoms. The first-order chi connectivity index (χ1) is 14.2. The maximum atomic E-state index is 13.2. The van der Waals surface area contributed by atoms with Gasteiger partial charge in [0.1, 0.15) is 5.82 Å². The van der Waals surface area contributed by atoms with E-state index in [-0.39, 0.29) is 11.9 Å². The third-order valence-electron chi connectivity index (χ3n) is 5.05. The van der Waals surface area contributed by atoms with E-state index >= 15 is 0 Å². The van der Waals surface area contributed by atoms with Gasteiger partial charge in [0.2, 0.25) is 0 Å². The van der Waals surface area contributed by atoms with E-state index in [2.05, 4.69) is 35.0 Å². The minimum absolute atomic E-state index is 0.0633. The number of thiazole rings is 2. The molecule has 2 aromatic heterocycles. The minimum atomic E-state index is -0.236. The smallest absolute Gasteiger partial charge is 0.183 e. The van der Waals surface area contributed by atoms with Crippen molar-refractivity contribution >= 4 is 27.8 Å². The molecule has 0 aliphatic heterocycles. The third-order valence-corrected chi connectivity index (χ3v) is 6.85. The molecule has 146 valence electrons. The first kappa shape index (κ1) is 18.5. The largest absolute Gasteiger partial charge is 0.353 e. The molecule has 1 atom stereocenters. The van der Waals surface area contributed by atoms with Gasteiger partial charge in [-0.25, -0.2) is 14.4 Å². The molecule has 0 amide bonds. The quantitative estimate of drug-likeness (QED) is 0.362. The zero-order valence-electron chi connectivity index (χ0n) is 15.7. The third kappa shape index (κ3) is 4.38. The highest BCUT2D eigenvalue weighted by Gasteiger charge is 2.28. The number of nitrogens with one attached hydrogen (secondary N) is 1. The predicted octanol–water partition coefficient (Wildman–Crippen LogP) is 6.68. The fraction of sp³-hybridized carbons (Fsp3) is 0.217. The van der Waals surface area contributed by atoms with Gasteiger partial charge in [0.05, 0.1) is 22.4 Å². The van der Waals surface area contributed by atoms with Crippen LogP contribution in [0.1, 0.15) is 41.1 Å². The summed E-state index contributed by atoms with van der Waals surface area (Å²) in [7, 11) is 0. The summed E-state index contributed by atoms with van der Waals surface area (Å²) in [5, 5.41) is 9.89. The van der Waals surface area contributed by atoms with Crippen molar-refractivity contribution in [2.75, 3.05) is 5.32 Å². The van der Waals surface area contributed by atoms with E-state index in [9.17, 15) is 4.39 Å². The zero-order chi connectivity index (χ0) is 19.6. The lowest BCUT2D eigenvalue weighted by Crippen LogP contribution is -2.14. The highest BCUT2D eigenvalue weighted by Crippen LogP contribution is 2.42. The molecule has 0 saturated heterocycles. The summed E-state index contributed by atoms with van der Waals surface area (Å²) < 4.78 is 13.2. The Morgan fingerprint density at radius 1 is 0.966 bits per heavy atom. The number of aromatic nitrogens is 2. The van der Waals surface area contributed by atoms with Crippen LogP contribution in [0.4, 0.5) is 9.52 Å². The van der Waals surface area contributed by atoms with Crippen LogP contribution in [0, 0.1) is 5.82 Å². The Labute approximate surface area is 177 Å². The Kier molecular flexibility index (Phi) is 5.12. The van der Waals surface area contributed by atoms with Crippen LogP contribution in [0.15, 0.2) is 65.4 Å². The molecule has 6 heteroatoms. The van der Waals surface area contributed by atoms with E-state index in [4.69, 9.17) is 9.97 Å². The van der Waals surface area contributed by atoms with Crippen LogP contribution in [0.3, 0.4) is 0 Å². The van der Waals surface area contributed by atoms with Crippen LogP contribution >= 0.6 is 22.7 Å². The van der Waals surface area contributed by atoms with Crippen molar-refractivity contribution in [3.8, 4) is 11.3 Å². The summed E-state index contributed by atoms with van der Waals surface area (Å²) in [6, 6.07) is 17.0. The Hall–Kier alpha value is -2.57. The molecule has 1 aliphatic carbocycles. The first-order valence-electron chi connectivity index (χ1n) is 9.72. The highest BCUT2D eigenvalue weighted by molar-refractivity contribution is 7.14. The lowest BCUT2D eigenvalue weighted by Gasteiger charge is -2.16. The van der Waals surface area contributed by atoms with Gasteiger partial charge in [-0.2, -0.15) is 0 Å². The number of benzene rings is 2. The maximum Gasteiger partial charge on any atom is 0.183 e. The van der Waals surface area contributed by atoms with Crippen molar-refractivity contribution in [3.05, 3.63) is 87.4 Å². The number of rotatable bonds is 7. The Morgan fingerprint density at radius 3 is 2.52 bits per heavy atom. The standard InChI is InChI=1S/C23H20FN3S2/c24-18-10-8-16(9-11-18)20-13-29-23(27-20)26-19(12-15-4-2-1-3-5-15)21-14-28-22(25-21)17-6-7-17/h1-5,8-11,13-14,17,19H,6-7,12H2,(H,26,27)/t19-/m0/s1. The fourth-order valence-electron chi connectivity index (χ4n) is 3.30. The maximum absolute atomic E-state index is 13.2. The lowest BCUT2D eigenvalue weighted by molar-refractivity contribution is 0.628. The van der Waals surface area contributed by atoms with E-state index in [1.165, 1.54) is 35.5 Å². The molecule has 0 radical (unpaired) electrons. The van der Waals surface area contributed by atoms with E-state index in [0.717, 1.165) is 28.5 Å². The fourth-order valence-corrected chi connectivity index (χ4v) is 5.12. The number of hydrogen-bond donors (Lipinski definition) is 1. The molecule has 1 N–H and O–H groups in total. The highest BCUT2D eigenvalue weighted by atomic mass is 32.1. The van der Waals surface area contributed by atoms with Crippen molar-refractivity contribution in [3.63, 3.8) is 0 Å². The van der Waals surface area contributed by atoms with Crippen LogP contribution < -0.4 is 5.32 Å². The Morgan fingerprint density at radius 2 is 1.76 bits per heavy atom. The first-order valence-corrected chi connectivity index (χ1v) is 11.5. The summed E-state index contributed by atoms with van der Waals surface area (Å²) in [5.74, 6) is 0.427. The van der Waals surface area contributed by atoms with E-state index in [1.54, 1.807) is 34.8 Å². The molecule has 1 fully saturated rings. The van der Waals surface area contributed by atoms with E-state index in [1.807, 2.05) is 11.4 Å². The van der Waals surface area contributed by atoms with Crippen LogP contribution in [0.25, 0.3) is 11.3 Å². The second-order valence-electron chi connectivity index (χ2n) is 7.32. The van der Waals surface area contributed by atoms with Crippen LogP contribution in [-0.2, 0) is 6.42 Å². The number of nitrogens with zero attached hydrogens (tertiary/aromatic N) is 2. The summed E-state index contributed by atoms with van der Waals surface area (Å²) in [6.07, 6.45) is 3.37. The van der Waals surface area contributed by atoms with Gasteiger partial charge in [0.25, 0.3) is 0 Å². The van der Waals surface area contributed by atoms with Crippen LogP contribution in [-0.4, -0.2) is 9.97 Å². The van der Waals surface area contributed by atoms with Gasteiger partial charge in [-0.1, -0.05) is 30.3 Å². The summed E-state index contributed by atoms with van der Waals surface area (Å²) >= 11 is 3.34. The molecule has 3 nitrogen and oxygen atoms in total. The van der Waals surface area contributed by atoms with Crippen LogP contribution in [0.2, 0.25) is 0 Å². The minimum Gasteiger partial charge on any atom is -0.353 e. The molecule has 0 spiro atoms. The molecule has 1 aliphatic rings. The molecule has 5 rings (SSSR count). The van der Waals surface area contributed by atoms with Gasteiger partial charge < -0.3 is 5.32 Å². The average molecular weight is 422 g/mol. The second kappa shape index (κ2) is 8.05. The van der Waals surface area contributed by atoms with E-state index < -0.39 is 0 Å². The Balaban J connectivity index is 1.39. The number of anilines is 1. The molecule has 0 bridgehead atoms. The summed E-state index contributed by atoms with van der Waals surface area (Å²) in [5.41, 5.74) is 4.12. The van der Waals surface area contributed by atoms with Gasteiger partial charge in [-0.3, -0.25) is 0 Å². The van der Waals surface area contributed by atoms with Gasteiger partial charge >= 0.3 is 0 Å². The summed E-state index contributed by atoms with van der Waals surface area (Å²) in [6.45, 7) is 0. The topological polar surface area (TPSA) is 37.8 Å². The van der Waals surface area contributed by atoms with Crippen LogP contribution in [0.5, 0.6) is 0 Å². The molecule has 2 heterocycles. The number of halogens is 1. The van der Waals surface area contributed by atoms with E-state index in [0.29, 0.717) is 5.92 Å². The van der Waals surface area contributed by atoms with Gasteiger partial charge in [-0.15, -0.1) is 22.7 Å². The Bertz CT molecular complexity index is 1080. The van der Waals surface area contributed by atoms with Crippen molar-refractivity contribution in [2.45, 2.75) is 31.2 Å². The average Bonchev–Trinajstić information content (AvgIpc) is 3.29. The molecule has 2 aromatic carbocycles. The molecular weight excluding hydrogens is 401 g/mol. The molecule has 0 unspecified atom stereocenters. The molecule has 4 aromatic rings. The van der Waals surface area contributed by atoms with Crippen molar-refractivity contribution < 1.29 is 4.39 Å². The molecule has 1 saturated carbocycles. The van der Waals surface area contributed by atoms with Crippen molar-refractivity contribution in [1.29, 1.82) is 0 Å². The zero-order valence-corrected chi connectivity index (χ0v) is 17.3. The normalized spacial score (nSPS) is 14.7. The lowest BCUT2D eigenvalue weighted by atomic mass is 10.0. The predicted molar refractivity (Wildman–Crippen MR) is 118 cm³/mol. The van der Waals surface area contributed by atoms with Gasteiger partial charge in [0, 0.05) is 22.2 Å². The van der Waals surface area contributed by atoms with Gasteiger partial charge in [-0.05, 0) is 49.1 Å². The van der Waals surface area contributed by atoms with Gasteiger partial charge in [0.15, 0.2) is 5.13 Å². The SMILES string of the molecule is Fc1ccc(-c2csc(N[C@@H](Cc3ccccc3)c3csc(C4CC4)n3)n2)cc1. The molecular formula is C23H20FN3S2. The van der Waals surface area contributed by atoms with Crippen molar-refractivity contribution in [1.82, 2.24) is 9.97 Å².